The van der Waals surface area contributed by atoms with Gasteiger partial charge in [-0.3, -0.25) is 9.79 Å². The number of thioether (sulfide) groups is 1. The molecule has 122 valence electrons. The summed E-state index contributed by atoms with van der Waals surface area (Å²) in [5, 5.41) is 3.95. The summed E-state index contributed by atoms with van der Waals surface area (Å²) in [6.45, 7) is 3.78. The Morgan fingerprint density at radius 3 is 2.77 bits per heavy atom. The number of amidine groups is 1. The van der Waals surface area contributed by atoms with Gasteiger partial charge in [-0.25, -0.2) is 0 Å². The molecule has 4 aliphatic rings. The summed E-state index contributed by atoms with van der Waals surface area (Å²) < 4.78 is 5.10. The van der Waals surface area contributed by atoms with Crippen LogP contribution in [0.15, 0.2) is 4.99 Å². The minimum Gasteiger partial charge on any atom is -0.381 e. The van der Waals surface area contributed by atoms with Gasteiger partial charge < -0.3 is 10.1 Å². The summed E-state index contributed by atoms with van der Waals surface area (Å²) >= 11 is 1.68. The lowest BCUT2D eigenvalue weighted by molar-refractivity contribution is -0.121. The van der Waals surface area contributed by atoms with Crippen LogP contribution in [0.25, 0.3) is 0 Å². The van der Waals surface area contributed by atoms with Gasteiger partial charge >= 0.3 is 0 Å². The molecule has 0 aromatic rings. The predicted molar refractivity (Wildman–Crippen MR) is 89.0 cm³/mol. The van der Waals surface area contributed by atoms with E-state index < -0.39 is 0 Å². The van der Waals surface area contributed by atoms with E-state index in [1.807, 2.05) is 0 Å². The minimum absolute atomic E-state index is 0.158. The molecule has 2 aliphatic heterocycles. The van der Waals surface area contributed by atoms with E-state index in [0.717, 1.165) is 49.5 Å². The number of carbonyl (C=O) groups is 1. The fourth-order valence-electron chi connectivity index (χ4n) is 4.73. The molecule has 1 unspecified atom stereocenters. The molecule has 2 heterocycles. The van der Waals surface area contributed by atoms with E-state index in [9.17, 15) is 4.79 Å². The van der Waals surface area contributed by atoms with Gasteiger partial charge in [-0.15, -0.1) is 0 Å². The molecule has 2 bridgehead atoms. The minimum atomic E-state index is -0.335. The SMILES string of the molecule is C[C@]1(CC2CCOCC2)SC(=NC2C[C@H]3CC[C@H]2C3)NC1=O. The number of hydrogen-bond donors (Lipinski definition) is 1. The second-order valence-electron chi connectivity index (χ2n) is 7.72. The van der Waals surface area contributed by atoms with Gasteiger partial charge in [0, 0.05) is 13.2 Å². The Balaban J connectivity index is 1.41. The van der Waals surface area contributed by atoms with E-state index in [2.05, 4.69) is 12.2 Å². The van der Waals surface area contributed by atoms with Crippen LogP contribution < -0.4 is 5.32 Å². The van der Waals surface area contributed by atoms with Gasteiger partial charge in [0.15, 0.2) is 5.17 Å². The molecule has 2 saturated carbocycles. The summed E-state index contributed by atoms with van der Waals surface area (Å²) in [5.41, 5.74) is 0. The predicted octanol–water partition coefficient (Wildman–Crippen LogP) is 2.97. The molecule has 0 aromatic heterocycles. The number of rotatable bonds is 3. The fraction of sp³-hybridized carbons (Fsp3) is 0.882. The summed E-state index contributed by atoms with van der Waals surface area (Å²) in [6, 6.07) is 0.465. The maximum atomic E-state index is 12.5. The highest BCUT2D eigenvalue weighted by atomic mass is 32.2. The molecule has 1 amide bonds. The monoisotopic (exact) mass is 322 g/mol. The third kappa shape index (κ3) is 2.82. The number of carbonyl (C=O) groups excluding carboxylic acids is 1. The summed E-state index contributed by atoms with van der Waals surface area (Å²) in [5.74, 6) is 2.44. The number of ether oxygens (including phenoxy) is 1. The van der Waals surface area contributed by atoms with Gasteiger partial charge in [-0.2, -0.15) is 0 Å². The molecule has 4 fully saturated rings. The third-order valence-corrected chi connectivity index (χ3v) is 7.23. The van der Waals surface area contributed by atoms with Gasteiger partial charge in [0.2, 0.25) is 5.91 Å². The number of hydrogen-bond acceptors (Lipinski definition) is 4. The summed E-state index contributed by atoms with van der Waals surface area (Å²) in [7, 11) is 0. The molecule has 4 rings (SSSR count). The highest BCUT2D eigenvalue weighted by Crippen LogP contribution is 2.47. The first kappa shape index (κ1) is 15.0. The first-order valence-electron chi connectivity index (χ1n) is 8.78. The van der Waals surface area contributed by atoms with Crippen LogP contribution in [-0.4, -0.2) is 35.1 Å². The van der Waals surface area contributed by atoms with Crippen LogP contribution in [0.4, 0.5) is 0 Å². The highest BCUT2D eigenvalue weighted by Gasteiger charge is 2.45. The van der Waals surface area contributed by atoms with Crippen LogP contribution in [0.1, 0.15) is 51.9 Å². The van der Waals surface area contributed by atoms with E-state index in [1.54, 1.807) is 11.8 Å². The zero-order valence-electron chi connectivity index (χ0n) is 13.3. The van der Waals surface area contributed by atoms with Crippen molar-refractivity contribution in [3.63, 3.8) is 0 Å². The number of aliphatic imine (C=N–C) groups is 1. The Morgan fingerprint density at radius 1 is 1.27 bits per heavy atom. The molecule has 2 saturated heterocycles. The number of nitrogens with zero attached hydrogens (tertiary/aromatic N) is 1. The number of nitrogens with one attached hydrogen (secondary N) is 1. The molecule has 0 spiro atoms. The lowest BCUT2D eigenvalue weighted by Crippen LogP contribution is -2.36. The molecule has 22 heavy (non-hydrogen) atoms. The molecule has 0 aromatic carbocycles. The van der Waals surface area contributed by atoms with Crippen molar-refractivity contribution >= 4 is 22.8 Å². The molecule has 4 nitrogen and oxygen atoms in total. The first-order chi connectivity index (χ1) is 10.6. The molecule has 2 aliphatic carbocycles. The van der Waals surface area contributed by atoms with Crippen molar-refractivity contribution in [3.8, 4) is 0 Å². The third-order valence-electron chi connectivity index (χ3n) is 6.03. The lowest BCUT2D eigenvalue weighted by atomic mass is 9.89. The quantitative estimate of drug-likeness (QED) is 0.869. The van der Waals surface area contributed by atoms with Crippen LogP contribution in [0, 0.1) is 17.8 Å². The Morgan fingerprint density at radius 2 is 2.09 bits per heavy atom. The molecule has 5 heteroatoms. The van der Waals surface area contributed by atoms with Gasteiger partial charge in [-0.1, -0.05) is 18.2 Å². The molecule has 0 radical (unpaired) electrons. The molecule has 1 N–H and O–H groups in total. The number of amides is 1. The standard InChI is InChI=1S/C17H26N2O2S/c1-17(10-11-4-6-21-7-5-11)15(20)19-16(22-17)18-14-9-12-2-3-13(14)8-12/h11-14H,2-10H2,1H3,(H,18,19,20)/t12-,13-,14?,17+/m0/s1. The van der Waals surface area contributed by atoms with E-state index in [0.29, 0.717) is 12.0 Å². The van der Waals surface area contributed by atoms with Crippen molar-refractivity contribution in [2.45, 2.75) is 62.7 Å². The van der Waals surface area contributed by atoms with Crippen LogP contribution in [0.2, 0.25) is 0 Å². The topological polar surface area (TPSA) is 50.7 Å². The maximum Gasteiger partial charge on any atom is 0.242 e. The fourth-order valence-corrected chi connectivity index (χ4v) is 5.95. The maximum absolute atomic E-state index is 12.5. The van der Waals surface area contributed by atoms with Crippen LogP contribution in [-0.2, 0) is 9.53 Å². The highest BCUT2D eigenvalue weighted by molar-refractivity contribution is 8.16. The summed E-state index contributed by atoms with van der Waals surface area (Å²) in [4.78, 5) is 17.4. The van der Waals surface area contributed by atoms with Crippen molar-refractivity contribution in [2.24, 2.45) is 22.7 Å². The molecule has 4 atom stereocenters. The van der Waals surface area contributed by atoms with Crippen molar-refractivity contribution < 1.29 is 9.53 Å². The van der Waals surface area contributed by atoms with Gasteiger partial charge in [0.05, 0.1) is 10.8 Å². The number of fused-ring (bicyclic) bond motifs is 2. The van der Waals surface area contributed by atoms with E-state index >= 15 is 0 Å². The van der Waals surface area contributed by atoms with Crippen LogP contribution in [0.5, 0.6) is 0 Å². The molecular formula is C17H26N2O2S. The Labute approximate surface area is 136 Å². The van der Waals surface area contributed by atoms with E-state index in [4.69, 9.17) is 9.73 Å². The van der Waals surface area contributed by atoms with Crippen molar-refractivity contribution in [1.82, 2.24) is 5.32 Å². The van der Waals surface area contributed by atoms with E-state index in [1.165, 1.54) is 25.7 Å². The largest absolute Gasteiger partial charge is 0.381 e. The zero-order valence-corrected chi connectivity index (χ0v) is 14.2. The lowest BCUT2D eigenvalue weighted by Gasteiger charge is -2.28. The van der Waals surface area contributed by atoms with Crippen molar-refractivity contribution in [2.75, 3.05) is 13.2 Å². The van der Waals surface area contributed by atoms with Crippen LogP contribution >= 0.6 is 11.8 Å². The Bertz CT molecular complexity index is 489. The Kier molecular flexibility index (Phi) is 3.97. The van der Waals surface area contributed by atoms with Gasteiger partial charge in [-0.05, 0) is 63.2 Å². The van der Waals surface area contributed by atoms with E-state index in [-0.39, 0.29) is 10.7 Å². The van der Waals surface area contributed by atoms with Gasteiger partial charge in [0.1, 0.15) is 0 Å². The second-order valence-corrected chi connectivity index (χ2v) is 9.22. The first-order valence-corrected chi connectivity index (χ1v) is 9.60. The smallest absolute Gasteiger partial charge is 0.242 e. The summed E-state index contributed by atoms with van der Waals surface area (Å²) in [6.07, 6.45) is 8.45. The van der Waals surface area contributed by atoms with Gasteiger partial charge in [0.25, 0.3) is 0 Å². The molecular weight excluding hydrogens is 296 g/mol. The van der Waals surface area contributed by atoms with Crippen molar-refractivity contribution in [3.05, 3.63) is 0 Å². The van der Waals surface area contributed by atoms with Crippen LogP contribution in [0.3, 0.4) is 0 Å². The normalized spacial score (nSPS) is 44.0. The zero-order chi connectivity index (χ0) is 15.2. The average molecular weight is 322 g/mol. The van der Waals surface area contributed by atoms with Crippen molar-refractivity contribution in [1.29, 1.82) is 0 Å². The second kappa shape index (κ2) is 5.82. The average Bonchev–Trinajstić information content (AvgIpc) is 3.16. The Hall–Kier alpha value is -0.550.